The van der Waals surface area contributed by atoms with E-state index in [9.17, 15) is 18.0 Å². The van der Waals surface area contributed by atoms with Gasteiger partial charge in [0.15, 0.2) is 9.96 Å². The van der Waals surface area contributed by atoms with Gasteiger partial charge in [-0.3, -0.25) is 10.0 Å². The summed E-state index contributed by atoms with van der Waals surface area (Å²) < 4.78 is 37.3. The Morgan fingerprint density at radius 2 is 1.93 bits per heavy atom. The Kier molecular flexibility index (Phi) is 5.70. The van der Waals surface area contributed by atoms with Gasteiger partial charge in [-0.15, -0.1) is 11.3 Å². The van der Waals surface area contributed by atoms with Gasteiger partial charge < -0.3 is 9.47 Å². The number of benzene rings is 1. The molecule has 0 spiro atoms. The summed E-state index contributed by atoms with van der Waals surface area (Å²) in [5.74, 6) is -1.72. The van der Waals surface area contributed by atoms with E-state index in [4.69, 9.17) is 9.94 Å². The molecule has 1 aliphatic rings. The van der Waals surface area contributed by atoms with Gasteiger partial charge in [-0.1, -0.05) is 24.3 Å². The summed E-state index contributed by atoms with van der Waals surface area (Å²) in [5.41, 5.74) is 3.08. The quantitative estimate of drug-likeness (QED) is 0.418. The zero-order valence-corrected chi connectivity index (χ0v) is 16.7. The van der Waals surface area contributed by atoms with E-state index < -0.39 is 27.9 Å². The van der Waals surface area contributed by atoms with E-state index in [-0.39, 0.29) is 28.5 Å². The lowest BCUT2D eigenvalue weighted by atomic mass is 9.95. The van der Waals surface area contributed by atoms with Gasteiger partial charge in [0.2, 0.25) is 0 Å². The zero-order valence-electron chi connectivity index (χ0n) is 15.0. The van der Waals surface area contributed by atoms with Crippen molar-refractivity contribution in [3.05, 3.63) is 46.3 Å². The molecular formula is C17H18N2O7S2. The molecule has 0 saturated carbocycles. The van der Waals surface area contributed by atoms with Crippen LogP contribution >= 0.6 is 11.3 Å². The molecule has 0 aliphatic carbocycles. The Hall–Kier alpha value is -2.47. The van der Waals surface area contributed by atoms with Crippen molar-refractivity contribution in [1.82, 2.24) is 9.79 Å². The molecule has 1 aliphatic heterocycles. The van der Waals surface area contributed by atoms with Crippen molar-refractivity contribution in [2.24, 2.45) is 0 Å². The molecule has 9 nitrogen and oxygen atoms in total. The number of nitrogens with one attached hydrogen (secondary N) is 1. The molecule has 2 aromatic rings. The van der Waals surface area contributed by atoms with Gasteiger partial charge in [-0.05, 0) is 17.5 Å². The van der Waals surface area contributed by atoms with Crippen LogP contribution in [0.15, 0.2) is 33.9 Å². The lowest BCUT2D eigenvalue weighted by Gasteiger charge is -2.34. The first-order valence-electron chi connectivity index (χ1n) is 8.11. The summed E-state index contributed by atoms with van der Waals surface area (Å²) in [6.07, 6.45) is 0.0966. The molecule has 1 atom stereocenters. The number of nitrogens with zero attached hydrogens (tertiary/aromatic N) is 1. The van der Waals surface area contributed by atoms with Crippen molar-refractivity contribution in [2.45, 2.75) is 23.2 Å². The predicted octanol–water partition coefficient (Wildman–Crippen LogP) is 1.16. The average molecular weight is 426 g/mol. The third-order valence-electron chi connectivity index (χ3n) is 4.48. The van der Waals surface area contributed by atoms with E-state index in [0.29, 0.717) is 0 Å². The van der Waals surface area contributed by atoms with E-state index in [1.807, 2.05) is 0 Å². The monoisotopic (exact) mass is 426 g/mol. The molecule has 28 heavy (non-hydrogen) atoms. The van der Waals surface area contributed by atoms with Crippen molar-refractivity contribution >= 4 is 33.2 Å². The van der Waals surface area contributed by atoms with E-state index in [1.54, 1.807) is 24.3 Å². The number of methoxy groups -OCH3 is 2. The number of thiophene rings is 1. The lowest BCUT2D eigenvalue weighted by Crippen LogP contribution is -2.51. The Labute approximate surface area is 165 Å². The molecule has 150 valence electrons. The molecular weight excluding hydrogens is 408 g/mol. The zero-order chi connectivity index (χ0) is 20.5. The van der Waals surface area contributed by atoms with Crippen LogP contribution in [0.5, 0.6) is 5.75 Å². The van der Waals surface area contributed by atoms with Crippen molar-refractivity contribution in [1.29, 1.82) is 0 Å². The number of amides is 1. The van der Waals surface area contributed by atoms with E-state index in [2.05, 4.69) is 4.74 Å². The molecule has 0 bridgehead atoms. The van der Waals surface area contributed by atoms with Crippen LogP contribution < -0.4 is 10.2 Å². The highest BCUT2D eigenvalue weighted by Gasteiger charge is 2.42. The highest BCUT2D eigenvalue weighted by Crippen LogP contribution is 2.39. The van der Waals surface area contributed by atoms with E-state index >= 15 is 0 Å². The molecule has 3 rings (SSSR count). The Balaban J connectivity index is 2.10. The first-order valence-corrected chi connectivity index (χ1v) is 10.4. The largest absolute Gasteiger partial charge is 0.494 e. The number of sulfonamides is 1. The summed E-state index contributed by atoms with van der Waals surface area (Å²) in [7, 11) is -1.80. The van der Waals surface area contributed by atoms with Gasteiger partial charge in [-0.25, -0.2) is 18.7 Å². The number of hydrogen-bond acceptors (Lipinski definition) is 8. The smallest absolute Gasteiger partial charge is 0.342 e. The van der Waals surface area contributed by atoms with Gasteiger partial charge in [0.25, 0.3) is 15.9 Å². The van der Waals surface area contributed by atoms with E-state index in [0.717, 1.165) is 26.8 Å². The molecule has 0 radical (unpaired) electrons. The highest BCUT2D eigenvalue weighted by atomic mass is 32.2. The summed E-state index contributed by atoms with van der Waals surface area (Å²) in [5, 5.41) is 10.4. The predicted molar refractivity (Wildman–Crippen MR) is 98.8 cm³/mol. The number of hydrogen-bond donors (Lipinski definition) is 2. The van der Waals surface area contributed by atoms with Crippen molar-refractivity contribution in [3.8, 4) is 5.75 Å². The second-order valence-corrected chi connectivity index (χ2v) is 8.94. The Morgan fingerprint density at radius 3 is 2.54 bits per heavy atom. The van der Waals surface area contributed by atoms with Crippen LogP contribution in [-0.2, 0) is 32.5 Å². The Bertz CT molecular complexity index is 1020. The number of ether oxygens (including phenoxy) is 2. The first-order chi connectivity index (χ1) is 13.3. The minimum absolute atomic E-state index is 0.0193. The van der Waals surface area contributed by atoms with Crippen molar-refractivity contribution < 1.29 is 32.7 Å². The van der Waals surface area contributed by atoms with Crippen molar-refractivity contribution in [3.63, 3.8) is 0 Å². The maximum atomic E-state index is 13.4. The standard InChI is InChI=1S/C17H18N2O7S2/c1-25-14-12(16(21)26-2)9-27-17(14)28(23,24)19-8-11-6-4-3-5-10(11)7-13(19)15(20)18-22/h3-6,9,13,22H,7-8H2,1-2H3,(H,18,20)/t13-/m1/s1. The maximum Gasteiger partial charge on any atom is 0.342 e. The molecule has 0 unspecified atom stereocenters. The van der Waals surface area contributed by atoms with Gasteiger partial charge in [0, 0.05) is 11.9 Å². The molecule has 1 aromatic carbocycles. The summed E-state index contributed by atoms with van der Waals surface area (Å²) in [4.78, 5) is 24.1. The summed E-state index contributed by atoms with van der Waals surface area (Å²) >= 11 is 0.798. The van der Waals surface area contributed by atoms with Crippen molar-refractivity contribution in [2.75, 3.05) is 14.2 Å². The lowest BCUT2D eigenvalue weighted by molar-refractivity contribution is -0.133. The second-order valence-electron chi connectivity index (χ2n) is 5.98. The van der Waals surface area contributed by atoms with Gasteiger partial charge in [0.05, 0.1) is 14.2 Å². The number of fused-ring (bicyclic) bond motifs is 1. The van der Waals surface area contributed by atoms with Crippen LogP contribution in [0.3, 0.4) is 0 Å². The fourth-order valence-corrected chi connectivity index (χ4v) is 6.21. The molecule has 1 amide bonds. The SMILES string of the molecule is COC(=O)c1csc(S(=O)(=O)N2Cc3ccccc3C[C@@H]2C(=O)NO)c1OC. The third kappa shape index (κ3) is 3.37. The first kappa shape index (κ1) is 20.3. The average Bonchev–Trinajstić information content (AvgIpc) is 3.16. The van der Waals surface area contributed by atoms with Crippen LogP contribution in [0.25, 0.3) is 0 Å². The minimum Gasteiger partial charge on any atom is -0.494 e. The second kappa shape index (κ2) is 7.87. The highest BCUT2D eigenvalue weighted by molar-refractivity contribution is 7.91. The maximum absolute atomic E-state index is 13.4. The van der Waals surface area contributed by atoms with Gasteiger partial charge in [0.1, 0.15) is 11.6 Å². The van der Waals surface area contributed by atoms with Crippen LogP contribution in [-0.4, -0.2) is 50.1 Å². The third-order valence-corrected chi connectivity index (χ3v) is 7.81. The number of hydroxylamine groups is 1. The molecule has 1 aromatic heterocycles. The molecule has 2 heterocycles. The number of carbonyl (C=O) groups excluding carboxylic acids is 2. The molecule has 11 heteroatoms. The van der Waals surface area contributed by atoms with Crippen LogP contribution in [0.4, 0.5) is 0 Å². The van der Waals surface area contributed by atoms with Gasteiger partial charge >= 0.3 is 5.97 Å². The topological polar surface area (TPSA) is 122 Å². The van der Waals surface area contributed by atoms with Crippen LogP contribution in [0.1, 0.15) is 21.5 Å². The molecule has 0 fully saturated rings. The number of esters is 1. The van der Waals surface area contributed by atoms with Crippen LogP contribution in [0, 0.1) is 0 Å². The number of carbonyl (C=O) groups is 2. The van der Waals surface area contributed by atoms with E-state index in [1.165, 1.54) is 25.1 Å². The summed E-state index contributed by atoms with van der Waals surface area (Å²) in [6.45, 7) is -0.0643. The van der Waals surface area contributed by atoms with Gasteiger partial charge in [-0.2, -0.15) is 4.31 Å². The fourth-order valence-electron chi connectivity index (χ4n) is 3.11. The Morgan fingerprint density at radius 1 is 1.25 bits per heavy atom. The number of rotatable bonds is 5. The fraction of sp³-hybridized carbons (Fsp3) is 0.294. The van der Waals surface area contributed by atoms with Crippen LogP contribution in [0.2, 0.25) is 0 Å². The normalized spacial score (nSPS) is 16.9. The minimum atomic E-state index is -4.23. The molecule has 0 saturated heterocycles. The summed E-state index contributed by atoms with van der Waals surface area (Å²) in [6, 6.07) is 5.99. The molecule has 2 N–H and O–H groups in total.